The van der Waals surface area contributed by atoms with E-state index in [2.05, 4.69) is 15.4 Å². The molecule has 8 nitrogen and oxygen atoms in total. The van der Waals surface area contributed by atoms with Gasteiger partial charge in [-0.1, -0.05) is 72.3 Å². The number of aromatic nitrogens is 2. The minimum absolute atomic E-state index is 0.0237. The monoisotopic (exact) mass is 507 g/mol. The number of hydrogen-bond donors (Lipinski definition) is 1. The number of carbonyl (C=O) groups excluding carboxylic acids is 1. The number of benzene rings is 3. The Morgan fingerprint density at radius 3 is 2.34 bits per heavy atom. The zero-order chi connectivity index (χ0) is 25.0. The van der Waals surface area contributed by atoms with E-state index in [9.17, 15) is 13.2 Å². The van der Waals surface area contributed by atoms with E-state index in [0.29, 0.717) is 5.69 Å². The van der Waals surface area contributed by atoms with Gasteiger partial charge in [-0.25, -0.2) is 22.4 Å². The van der Waals surface area contributed by atoms with Crippen LogP contribution in [0.2, 0.25) is 5.02 Å². The molecule has 0 spiro atoms. The molecule has 178 valence electrons. The molecule has 0 atom stereocenters. The molecule has 0 fully saturated rings. The summed E-state index contributed by atoms with van der Waals surface area (Å²) in [5.74, 6) is -0.383. The lowest BCUT2D eigenvalue weighted by Crippen LogP contribution is -2.23. The fourth-order valence-corrected chi connectivity index (χ4v) is 4.57. The van der Waals surface area contributed by atoms with Crippen LogP contribution in [0.5, 0.6) is 0 Å². The lowest BCUT2D eigenvalue weighted by Gasteiger charge is -2.13. The van der Waals surface area contributed by atoms with Gasteiger partial charge in [0.05, 0.1) is 23.1 Å². The molecule has 1 heterocycles. The van der Waals surface area contributed by atoms with E-state index in [1.807, 2.05) is 60.7 Å². The SMILES string of the molecule is CN(C)S(=O)(=O)c1cc(C(=O)Nc2nc(-c3ccccc3)cn2/N=C\c2ccccc2)ccc1Cl. The highest BCUT2D eigenvalue weighted by molar-refractivity contribution is 7.89. The maximum absolute atomic E-state index is 13.1. The summed E-state index contributed by atoms with van der Waals surface area (Å²) in [6.07, 6.45) is 3.35. The Kier molecular flexibility index (Phi) is 7.11. The Morgan fingerprint density at radius 1 is 1.03 bits per heavy atom. The summed E-state index contributed by atoms with van der Waals surface area (Å²) in [6, 6.07) is 23.0. The van der Waals surface area contributed by atoms with Crippen LogP contribution < -0.4 is 5.32 Å². The highest BCUT2D eigenvalue weighted by Crippen LogP contribution is 2.26. The van der Waals surface area contributed by atoms with Crippen molar-refractivity contribution in [3.63, 3.8) is 0 Å². The molecular weight excluding hydrogens is 486 g/mol. The predicted molar refractivity (Wildman–Crippen MR) is 137 cm³/mol. The second-order valence-electron chi connectivity index (χ2n) is 7.70. The van der Waals surface area contributed by atoms with Gasteiger partial charge in [0, 0.05) is 25.2 Å². The maximum Gasteiger partial charge on any atom is 0.258 e. The molecule has 4 aromatic rings. The third-order valence-corrected chi connectivity index (χ3v) is 7.36. The fraction of sp³-hybridized carbons (Fsp3) is 0.0800. The lowest BCUT2D eigenvalue weighted by molar-refractivity contribution is 0.102. The van der Waals surface area contributed by atoms with Crippen molar-refractivity contribution in [2.24, 2.45) is 5.10 Å². The van der Waals surface area contributed by atoms with Crippen LogP contribution in [0.25, 0.3) is 11.3 Å². The molecule has 0 radical (unpaired) electrons. The van der Waals surface area contributed by atoms with Gasteiger partial charge in [-0.05, 0) is 23.8 Å². The van der Waals surface area contributed by atoms with Gasteiger partial charge in [0.25, 0.3) is 5.91 Å². The summed E-state index contributed by atoms with van der Waals surface area (Å²) in [6.45, 7) is 0. The molecule has 1 amide bonds. The summed E-state index contributed by atoms with van der Waals surface area (Å²) in [7, 11) is -1.05. The molecule has 0 aliphatic heterocycles. The van der Waals surface area contributed by atoms with Gasteiger partial charge in [0.1, 0.15) is 4.90 Å². The highest BCUT2D eigenvalue weighted by Gasteiger charge is 2.23. The van der Waals surface area contributed by atoms with Crippen LogP contribution in [0.1, 0.15) is 15.9 Å². The molecule has 35 heavy (non-hydrogen) atoms. The predicted octanol–water partition coefficient (Wildman–Crippen LogP) is 4.59. The number of sulfonamides is 1. The van der Waals surface area contributed by atoms with E-state index >= 15 is 0 Å². The lowest BCUT2D eigenvalue weighted by atomic mass is 10.2. The first-order chi connectivity index (χ1) is 16.8. The summed E-state index contributed by atoms with van der Waals surface area (Å²) < 4.78 is 27.7. The van der Waals surface area contributed by atoms with Crippen LogP contribution in [-0.2, 0) is 10.0 Å². The van der Waals surface area contributed by atoms with Crippen LogP contribution in [0.3, 0.4) is 0 Å². The average Bonchev–Trinajstić information content (AvgIpc) is 3.26. The molecule has 0 bridgehead atoms. The normalized spacial score (nSPS) is 11.8. The van der Waals surface area contributed by atoms with Gasteiger partial charge in [-0.15, -0.1) is 0 Å². The first kappa shape index (κ1) is 24.3. The molecule has 1 N–H and O–H groups in total. The maximum atomic E-state index is 13.1. The van der Waals surface area contributed by atoms with E-state index in [1.165, 1.54) is 37.0 Å². The van der Waals surface area contributed by atoms with Crippen molar-refractivity contribution in [3.05, 3.63) is 101 Å². The number of anilines is 1. The number of nitrogens with zero attached hydrogens (tertiary/aromatic N) is 4. The topological polar surface area (TPSA) is 96.7 Å². The van der Waals surface area contributed by atoms with E-state index in [4.69, 9.17) is 11.6 Å². The standard InChI is InChI=1S/C25H22ClN5O3S/c1-30(2)35(33,34)23-15-20(13-14-21(23)26)24(32)29-25-28-22(19-11-7-4-8-12-19)17-31(25)27-16-18-9-5-3-6-10-18/h3-17H,1-2H3,(H,28,29,32)/b27-16-. The third-order valence-electron chi connectivity index (χ3n) is 5.07. The van der Waals surface area contributed by atoms with Gasteiger partial charge in [0.2, 0.25) is 16.0 Å². The van der Waals surface area contributed by atoms with Crippen molar-refractivity contribution in [1.29, 1.82) is 0 Å². The number of nitrogens with one attached hydrogen (secondary N) is 1. The number of imidazole rings is 1. The van der Waals surface area contributed by atoms with Crippen molar-refractivity contribution in [2.45, 2.75) is 4.90 Å². The van der Waals surface area contributed by atoms with Crippen molar-refractivity contribution in [2.75, 3.05) is 19.4 Å². The van der Waals surface area contributed by atoms with E-state index in [0.717, 1.165) is 15.4 Å². The smallest absolute Gasteiger partial charge is 0.258 e. The first-order valence-corrected chi connectivity index (χ1v) is 12.3. The zero-order valence-electron chi connectivity index (χ0n) is 19.0. The molecule has 1 aromatic heterocycles. The number of amides is 1. The van der Waals surface area contributed by atoms with Crippen LogP contribution in [0.15, 0.2) is 95.1 Å². The molecule has 0 unspecified atom stereocenters. The van der Waals surface area contributed by atoms with Gasteiger partial charge in [-0.3, -0.25) is 10.1 Å². The van der Waals surface area contributed by atoms with Crippen molar-refractivity contribution < 1.29 is 13.2 Å². The number of halogens is 1. The Morgan fingerprint density at radius 2 is 1.69 bits per heavy atom. The zero-order valence-corrected chi connectivity index (χ0v) is 20.5. The molecule has 10 heteroatoms. The summed E-state index contributed by atoms with van der Waals surface area (Å²) in [5.41, 5.74) is 2.44. The third kappa shape index (κ3) is 5.48. The molecular formula is C25H22ClN5O3S. The molecule has 0 aliphatic rings. The second kappa shape index (κ2) is 10.2. The molecule has 0 aliphatic carbocycles. The molecule has 0 saturated heterocycles. The summed E-state index contributed by atoms with van der Waals surface area (Å²) in [5, 5.41) is 7.21. The number of hydrogen-bond acceptors (Lipinski definition) is 5. The summed E-state index contributed by atoms with van der Waals surface area (Å²) >= 11 is 6.11. The average molecular weight is 508 g/mol. The Hall–Kier alpha value is -3.79. The number of rotatable bonds is 7. The largest absolute Gasteiger partial charge is 0.290 e. The van der Waals surface area contributed by atoms with Gasteiger partial charge >= 0.3 is 0 Å². The fourth-order valence-electron chi connectivity index (χ4n) is 3.17. The minimum Gasteiger partial charge on any atom is -0.290 e. The van der Waals surface area contributed by atoms with Crippen molar-refractivity contribution >= 4 is 39.7 Å². The van der Waals surface area contributed by atoms with E-state index in [1.54, 1.807) is 12.4 Å². The number of carbonyl (C=O) groups is 1. The Bertz CT molecular complexity index is 1480. The van der Waals surface area contributed by atoms with Gasteiger partial charge in [0.15, 0.2) is 0 Å². The first-order valence-electron chi connectivity index (χ1n) is 10.5. The Balaban J connectivity index is 1.69. The van der Waals surface area contributed by atoms with E-state index < -0.39 is 15.9 Å². The Labute approximate surface area is 208 Å². The summed E-state index contributed by atoms with van der Waals surface area (Å²) in [4.78, 5) is 17.5. The minimum atomic E-state index is -3.84. The van der Waals surface area contributed by atoms with Crippen LogP contribution in [-0.4, -0.2) is 48.6 Å². The van der Waals surface area contributed by atoms with Gasteiger partial charge < -0.3 is 0 Å². The molecule has 0 saturated carbocycles. The molecule has 4 rings (SSSR count). The van der Waals surface area contributed by atoms with E-state index in [-0.39, 0.29) is 21.4 Å². The van der Waals surface area contributed by atoms with Crippen molar-refractivity contribution in [1.82, 2.24) is 14.0 Å². The molecule has 3 aromatic carbocycles. The van der Waals surface area contributed by atoms with Crippen LogP contribution >= 0.6 is 11.6 Å². The van der Waals surface area contributed by atoms with Gasteiger partial charge in [-0.2, -0.15) is 5.10 Å². The second-order valence-corrected chi connectivity index (χ2v) is 10.2. The quantitative estimate of drug-likeness (QED) is 0.370. The highest BCUT2D eigenvalue weighted by atomic mass is 35.5. The van der Waals surface area contributed by atoms with Crippen LogP contribution in [0.4, 0.5) is 5.95 Å². The van der Waals surface area contributed by atoms with Crippen molar-refractivity contribution in [3.8, 4) is 11.3 Å². The van der Waals surface area contributed by atoms with Crippen LogP contribution in [0, 0.1) is 0 Å².